The van der Waals surface area contributed by atoms with Gasteiger partial charge in [0.1, 0.15) is 5.75 Å². The Morgan fingerprint density at radius 3 is 2.69 bits per heavy atom. The molecule has 3 rings (SSSR count). The Hall–Kier alpha value is -2.04. The zero-order valence-corrected chi connectivity index (χ0v) is 16.0. The molecule has 2 fully saturated rings. The average Bonchev–Trinajstić information content (AvgIpc) is 3.38. The van der Waals surface area contributed by atoms with E-state index in [2.05, 4.69) is 19.2 Å². The average molecular weight is 358 g/mol. The number of ether oxygens (including phenoxy) is 1. The van der Waals surface area contributed by atoms with E-state index in [1.807, 2.05) is 29.2 Å². The van der Waals surface area contributed by atoms with Crippen LogP contribution in [0.5, 0.6) is 5.75 Å². The van der Waals surface area contributed by atoms with E-state index in [1.54, 1.807) is 7.11 Å². The lowest BCUT2D eigenvalue weighted by molar-refractivity contribution is -0.132. The summed E-state index contributed by atoms with van der Waals surface area (Å²) >= 11 is 0. The molecule has 1 aliphatic heterocycles. The second kappa shape index (κ2) is 8.11. The lowest BCUT2D eigenvalue weighted by Gasteiger charge is -2.19. The molecule has 1 saturated heterocycles. The fourth-order valence-corrected chi connectivity index (χ4v) is 3.66. The van der Waals surface area contributed by atoms with Gasteiger partial charge in [0.25, 0.3) is 0 Å². The van der Waals surface area contributed by atoms with Crippen LogP contribution >= 0.6 is 0 Å². The van der Waals surface area contributed by atoms with Crippen molar-refractivity contribution in [3.8, 4) is 5.75 Å². The van der Waals surface area contributed by atoms with Gasteiger partial charge in [-0.1, -0.05) is 26.0 Å². The number of amides is 2. The third kappa shape index (κ3) is 4.37. The van der Waals surface area contributed by atoms with Crippen LogP contribution in [0.3, 0.4) is 0 Å². The summed E-state index contributed by atoms with van der Waals surface area (Å²) in [6.07, 6.45) is 2.95. The SMILES string of the molecule is COc1cccc(C2CN(C(=O)C3CC3)CC2C(=O)NCCC(C)C)c1. The number of hydrogen-bond donors (Lipinski definition) is 1. The highest BCUT2D eigenvalue weighted by Gasteiger charge is 2.43. The Labute approximate surface area is 156 Å². The number of methoxy groups -OCH3 is 1. The van der Waals surface area contributed by atoms with Gasteiger partial charge in [-0.15, -0.1) is 0 Å². The van der Waals surface area contributed by atoms with Crippen LogP contribution in [0.25, 0.3) is 0 Å². The highest BCUT2D eigenvalue weighted by atomic mass is 16.5. The van der Waals surface area contributed by atoms with Gasteiger partial charge in [-0.25, -0.2) is 0 Å². The van der Waals surface area contributed by atoms with Crippen LogP contribution in [0.15, 0.2) is 24.3 Å². The topological polar surface area (TPSA) is 58.6 Å². The summed E-state index contributed by atoms with van der Waals surface area (Å²) in [5.74, 6) is 1.63. The predicted molar refractivity (Wildman–Crippen MR) is 101 cm³/mol. The number of nitrogens with zero attached hydrogens (tertiary/aromatic N) is 1. The van der Waals surface area contributed by atoms with Crippen LogP contribution in [0.4, 0.5) is 0 Å². The number of benzene rings is 1. The molecule has 0 radical (unpaired) electrons. The quantitative estimate of drug-likeness (QED) is 0.815. The minimum absolute atomic E-state index is 0.0202. The molecule has 0 aromatic heterocycles. The molecule has 5 nitrogen and oxygen atoms in total. The van der Waals surface area contributed by atoms with Crippen molar-refractivity contribution >= 4 is 11.8 Å². The molecule has 1 saturated carbocycles. The number of rotatable bonds is 7. The lowest BCUT2D eigenvalue weighted by atomic mass is 9.88. The first-order valence-electron chi connectivity index (χ1n) is 9.70. The summed E-state index contributed by atoms with van der Waals surface area (Å²) in [5, 5.41) is 3.08. The van der Waals surface area contributed by atoms with Crippen molar-refractivity contribution in [1.29, 1.82) is 0 Å². The van der Waals surface area contributed by atoms with Crippen molar-refractivity contribution in [3.05, 3.63) is 29.8 Å². The van der Waals surface area contributed by atoms with Crippen molar-refractivity contribution in [2.24, 2.45) is 17.8 Å². The molecule has 0 spiro atoms. The summed E-state index contributed by atoms with van der Waals surface area (Å²) in [4.78, 5) is 27.3. The third-order valence-corrected chi connectivity index (χ3v) is 5.44. The van der Waals surface area contributed by atoms with E-state index in [0.717, 1.165) is 30.6 Å². The monoisotopic (exact) mass is 358 g/mol. The van der Waals surface area contributed by atoms with Crippen LogP contribution in [0, 0.1) is 17.8 Å². The summed E-state index contributed by atoms with van der Waals surface area (Å²) < 4.78 is 5.34. The van der Waals surface area contributed by atoms with E-state index in [-0.39, 0.29) is 29.6 Å². The zero-order chi connectivity index (χ0) is 18.7. The maximum Gasteiger partial charge on any atom is 0.225 e. The maximum absolute atomic E-state index is 12.8. The lowest BCUT2D eigenvalue weighted by Crippen LogP contribution is -2.36. The van der Waals surface area contributed by atoms with Gasteiger partial charge in [0.2, 0.25) is 11.8 Å². The standard InChI is InChI=1S/C21H30N2O3/c1-14(2)9-10-22-20(24)19-13-23(21(25)15-7-8-15)12-18(19)16-5-4-6-17(11-16)26-3/h4-6,11,14-15,18-19H,7-10,12-13H2,1-3H3,(H,22,24). The van der Waals surface area contributed by atoms with Gasteiger partial charge in [0, 0.05) is 31.5 Å². The first-order chi connectivity index (χ1) is 12.5. The summed E-state index contributed by atoms with van der Waals surface area (Å²) in [6.45, 7) is 6.12. The minimum Gasteiger partial charge on any atom is -0.497 e. The molecule has 2 atom stereocenters. The Morgan fingerprint density at radius 1 is 1.27 bits per heavy atom. The second-order valence-electron chi connectivity index (χ2n) is 7.98. The zero-order valence-electron chi connectivity index (χ0n) is 16.0. The van der Waals surface area contributed by atoms with Crippen molar-refractivity contribution in [1.82, 2.24) is 10.2 Å². The van der Waals surface area contributed by atoms with Crippen molar-refractivity contribution < 1.29 is 14.3 Å². The van der Waals surface area contributed by atoms with Crippen molar-refractivity contribution in [2.75, 3.05) is 26.7 Å². The number of carbonyl (C=O) groups excluding carboxylic acids is 2. The molecule has 1 N–H and O–H groups in total. The fourth-order valence-electron chi connectivity index (χ4n) is 3.66. The smallest absolute Gasteiger partial charge is 0.225 e. The molecule has 1 heterocycles. The Balaban J connectivity index is 1.75. The Kier molecular flexibility index (Phi) is 5.84. The van der Waals surface area contributed by atoms with Gasteiger partial charge in [-0.05, 0) is 42.9 Å². The second-order valence-corrected chi connectivity index (χ2v) is 7.98. The molecule has 1 aromatic rings. The fraction of sp³-hybridized carbons (Fsp3) is 0.619. The molecule has 26 heavy (non-hydrogen) atoms. The van der Waals surface area contributed by atoms with Gasteiger partial charge in [0.05, 0.1) is 13.0 Å². The van der Waals surface area contributed by atoms with Gasteiger partial charge < -0.3 is 15.0 Å². The van der Waals surface area contributed by atoms with Crippen LogP contribution < -0.4 is 10.1 Å². The summed E-state index contributed by atoms with van der Waals surface area (Å²) in [5.41, 5.74) is 1.07. The van der Waals surface area contributed by atoms with Crippen LogP contribution in [0.2, 0.25) is 0 Å². The number of carbonyl (C=O) groups is 2. The first kappa shape index (κ1) is 18.7. The molecular weight excluding hydrogens is 328 g/mol. The molecule has 142 valence electrons. The molecular formula is C21H30N2O3. The van der Waals surface area contributed by atoms with E-state index in [9.17, 15) is 9.59 Å². The summed E-state index contributed by atoms with van der Waals surface area (Å²) in [7, 11) is 1.65. The van der Waals surface area contributed by atoms with E-state index in [1.165, 1.54) is 0 Å². The summed E-state index contributed by atoms with van der Waals surface area (Å²) in [6, 6.07) is 7.88. The highest BCUT2D eigenvalue weighted by Crippen LogP contribution is 2.38. The van der Waals surface area contributed by atoms with Crippen LogP contribution in [-0.4, -0.2) is 43.5 Å². The Morgan fingerprint density at radius 2 is 2.04 bits per heavy atom. The highest BCUT2D eigenvalue weighted by molar-refractivity contribution is 5.85. The molecule has 2 unspecified atom stereocenters. The largest absolute Gasteiger partial charge is 0.497 e. The van der Waals surface area contributed by atoms with Crippen LogP contribution in [0.1, 0.15) is 44.6 Å². The maximum atomic E-state index is 12.8. The van der Waals surface area contributed by atoms with E-state index in [0.29, 0.717) is 25.6 Å². The normalized spacial score (nSPS) is 22.5. The molecule has 2 amide bonds. The number of nitrogens with one attached hydrogen (secondary N) is 1. The Bertz CT molecular complexity index is 654. The molecule has 1 aromatic carbocycles. The molecule has 0 bridgehead atoms. The molecule has 1 aliphatic carbocycles. The minimum atomic E-state index is -0.197. The van der Waals surface area contributed by atoms with Gasteiger partial charge in [-0.2, -0.15) is 0 Å². The number of hydrogen-bond acceptors (Lipinski definition) is 3. The van der Waals surface area contributed by atoms with Crippen LogP contribution in [-0.2, 0) is 9.59 Å². The van der Waals surface area contributed by atoms with E-state index < -0.39 is 0 Å². The molecule has 5 heteroatoms. The van der Waals surface area contributed by atoms with Crippen molar-refractivity contribution in [2.45, 2.75) is 39.0 Å². The molecule has 2 aliphatic rings. The van der Waals surface area contributed by atoms with Gasteiger partial charge in [-0.3, -0.25) is 9.59 Å². The number of likely N-dealkylation sites (tertiary alicyclic amines) is 1. The van der Waals surface area contributed by atoms with Gasteiger partial charge >= 0.3 is 0 Å². The van der Waals surface area contributed by atoms with Crippen molar-refractivity contribution in [3.63, 3.8) is 0 Å². The van der Waals surface area contributed by atoms with E-state index >= 15 is 0 Å². The third-order valence-electron chi connectivity index (χ3n) is 5.44. The van der Waals surface area contributed by atoms with Gasteiger partial charge in [0.15, 0.2) is 0 Å². The first-order valence-corrected chi connectivity index (χ1v) is 9.70. The van der Waals surface area contributed by atoms with E-state index in [4.69, 9.17) is 4.74 Å². The predicted octanol–water partition coefficient (Wildman–Crippen LogP) is 2.81.